The van der Waals surface area contributed by atoms with Crippen molar-refractivity contribution in [3.63, 3.8) is 0 Å². The smallest absolute Gasteiger partial charge is 0.340 e. The Morgan fingerprint density at radius 1 is 0.889 bits per heavy atom. The van der Waals surface area contributed by atoms with Crippen molar-refractivity contribution in [2.24, 2.45) is 0 Å². The molecule has 2 aromatic carbocycles. The van der Waals surface area contributed by atoms with Gasteiger partial charge >= 0.3 is 6.18 Å². The zero-order valence-corrected chi connectivity index (χ0v) is 22.4. The Bertz CT molecular complexity index is 1130. The van der Waals surface area contributed by atoms with Crippen LogP contribution in [0.4, 0.5) is 23.4 Å². The molecule has 1 N–H and O–H groups in total. The molecule has 3 rings (SSSR count). The minimum Gasteiger partial charge on any atom is -0.340 e. The molecule has 36 heavy (non-hydrogen) atoms. The topological polar surface area (TPSA) is 24.9 Å². The third kappa shape index (κ3) is 8.81. The highest BCUT2D eigenvalue weighted by Gasteiger charge is 2.33. The van der Waals surface area contributed by atoms with E-state index in [2.05, 4.69) is 44.6 Å². The van der Waals surface area contributed by atoms with Crippen molar-refractivity contribution in [1.82, 2.24) is 4.98 Å². The Balaban J connectivity index is 0.000000825. The highest BCUT2D eigenvalue weighted by molar-refractivity contribution is 5.78. The number of anilines is 1. The van der Waals surface area contributed by atoms with Gasteiger partial charge in [0.2, 0.25) is 0 Å². The first-order valence-corrected chi connectivity index (χ1v) is 12.3. The Kier molecular flexibility index (Phi) is 12.4. The number of nitrogens with one attached hydrogen (secondary N) is 1. The lowest BCUT2D eigenvalue weighted by Crippen LogP contribution is -2.09. The summed E-state index contributed by atoms with van der Waals surface area (Å²) >= 11 is 0. The summed E-state index contributed by atoms with van der Waals surface area (Å²) in [6, 6.07) is 11.3. The average Bonchev–Trinajstić information content (AvgIpc) is 2.83. The first-order valence-electron chi connectivity index (χ1n) is 12.3. The van der Waals surface area contributed by atoms with E-state index in [0.29, 0.717) is 17.1 Å². The van der Waals surface area contributed by atoms with Crippen molar-refractivity contribution >= 4 is 11.5 Å². The Morgan fingerprint density at radius 3 is 2.03 bits per heavy atom. The molecule has 1 aromatic heterocycles. The average molecular weight is 503 g/mol. The van der Waals surface area contributed by atoms with Crippen molar-refractivity contribution in [2.45, 2.75) is 73.9 Å². The molecule has 196 valence electrons. The van der Waals surface area contributed by atoms with E-state index in [4.69, 9.17) is 0 Å². The number of rotatable bonds is 5. The van der Waals surface area contributed by atoms with Crippen LogP contribution < -0.4 is 5.32 Å². The van der Waals surface area contributed by atoms with Gasteiger partial charge in [-0.25, -0.2) is 9.37 Å². The SMILES string of the molecule is C=C(Nc1nc(-c2ccccc2C(F)(F)F)cc(C)c1C)c1cc(F)ccc1C.CCC.CCCC. The Labute approximate surface area is 213 Å². The van der Waals surface area contributed by atoms with E-state index >= 15 is 0 Å². The van der Waals surface area contributed by atoms with Gasteiger partial charge in [-0.05, 0) is 61.7 Å². The van der Waals surface area contributed by atoms with E-state index in [-0.39, 0.29) is 11.3 Å². The van der Waals surface area contributed by atoms with E-state index in [9.17, 15) is 17.6 Å². The van der Waals surface area contributed by atoms with Crippen LogP contribution in [0.1, 0.15) is 74.8 Å². The van der Waals surface area contributed by atoms with Crippen molar-refractivity contribution in [1.29, 1.82) is 0 Å². The summed E-state index contributed by atoms with van der Waals surface area (Å²) in [4.78, 5) is 4.43. The molecule has 0 radical (unpaired) electrons. The van der Waals surface area contributed by atoms with E-state index in [0.717, 1.165) is 22.8 Å². The van der Waals surface area contributed by atoms with Crippen LogP contribution in [0.2, 0.25) is 0 Å². The molecule has 0 spiro atoms. The Morgan fingerprint density at radius 2 is 1.47 bits per heavy atom. The molecular formula is C30H38F4N2. The number of hydrogen-bond acceptors (Lipinski definition) is 2. The van der Waals surface area contributed by atoms with Crippen LogP contribution in [-0.4, -0.2) is 4.98 Å². The van der Waals surface area contributed by atoms with E-state index in [1.54, 1.807) is 25.1 Å². The van der Waals surface area contributed by atoms with Crippen molar-refractivity contribution in [2.75, 3.05) is 5.32 Å². The van der Waals surface area contributed by atoms with Crippen LogP contribution in [0.15, 0.2) is 55.1 Å². The fraction of sp³-hybridized carbons (Fsp3) is 0.367. The molecule has 0 aliphatic heterocycles. The third-order valence-electron chi connectivity index (χ3n) is 5.33. The molecular weight excluding hydrogens is 464 g/mol. The maximum Gasteiger partial charge on any atom is 0.417 e. The number of unbranched alkanes of at least 4 members (excludes halogenated alkanes) is 1. The van der Waals surface area contributed by atoms with Crippen LogP contribution in [0.3, 0.4) is 0 Å². The van der Waals surface area contributed by atoms with Crippen molar-refractivity contribution < 1.29 is 17.6 Å². The molecule has 3 aromatic rings. The number of aryl methyl sites for hydroxylation is 2. The molecule has 0 atom stereocenters. The van der Waals surface area contributed by atoms with Gasteiger partial charge in [0.25, 0.3) is 0 Å². The van der Waals surface area contributed by atoms with Crippen molar-refractivity contribution in [3.05, 3.63) is 88.7 Å². The molecule has 0 aliphatic rings. The maximum atomic E-state index is 13.6. The van der Waals surface area contributed by atoms with Gasteiger partial charge in [-0.2, -0.15) is 13.2 Å². The minimum absolute atomic E-state index is 0.00121. The molecule has 0 aliphatic carbocycles. The predicted octanol–water partition coefficient (Wildman–Crippen LogP) is 10.1. The second-order valence-corrected chi connectivity index (χ2v) is 8.61. The first kappa shape index (κ1) is 30.9. The second-order valence-electron chi connectivity index (χ2n) is 8.61. The lowest BCUT2D eigenvalue weighted by Gasteiger charge is -2.18. The summed E-state index contributed by atoms with van der Waals surface area (Å²) in [6.07, 6.45) is -0.604. The van der Waals surface area contributed by atoms with E-state index < -0.39 is 17.6 Å². The van der Waals surface area contributed by atoms with Gasteiger partial charge in [-0.15, -0.1) is 0 Å². The lowest BCUT2D eigenvalue weighted by molar-refractivity contribution is -0.137. The zero-order valence-electron chi connectivity index (χ0n) is 22.4. The zero-order chi connectivity index (χ0) is 27.5. The maximum absolute atomic E-state index is 13.6. The van der Waals surface area contributed by atoms with Crippen LogP contribution >= 0.6 is 0 Å². The van der Waals surface area contributed by atoms with Crippen LogP contribution in [0.25, 0.3) is 17.0 Å². The van der Waals surface area contributed by atoms with E-state index in [1.165, 1.54) is 43.5 Å². The molecule has 0 amide bonds. The summed E-state index contributed by atoms with van der Waals surface area (Å²) in [7, 11) is 0. The minimum atomic E-state index is -4.49. The molecule has 0 saturated carbocycles. The predicted molar refractivity (Wildman–Crippen MR) is 144 cm³/mol. The van der Waals surface area contributed by atoms with Crippen LogP contribution in [0.5, 0.6) is 0 Å². The number of nitrogens with zero attached hydrogens (tertiary/aromatic N) is 1. The molecule has 0 bridgehead atoms. The summed E-state index contributed by atoms with van der Waals surface area (Å²) in [5.74, 6) is -0.0205. The fourth-order valence-corrected chi connectivity index (χ4v) is 3.08. The Hall–Kier alpha value is -3.15. The fourth-order valence-electron chi connectivity index (χ4n) is 3.08. The van der Waals surface area contributed by atoms with Gasteiger partial charge in [0.05, 0.1) is 11.3 Å². The largest absolute Gasteiger partial charge is 0.417 e. The number of benzene rings is 2. The molecule has 1 heterocycles. The second kappa shape index (κ2) is 14.4. The van der Waals surface area contributed by atoms with Gasteiger partial charge < -0.3 is 5.32 Å². The summed E-state index contributed by atoms with van der Waals surface area (Å²) < 4.78 is 53.9. The van der Waals surface area contributed by atoms with Crippen molar-refractivity contribution in [3.8, 4) is 11.3 Å². The number of hydrogen-bond donors (Lipinski definition) is 1. The summed E-state index contributed by atoms with van der Waals surface area (Å²) in [5, 5.41) is 3.05. The van der Waals surface area contributed by atoms with Crippen LogP contribution in [-0.2, 0) is 6.18 Å². The quantitative estimate of drug-likeness (QED) is 0.351. The van der Waals surface area contributed by atoms with Gasteiger partial charge in [0.1, 0.15) is 11.6 Å². The lowest BCUT2D eigenvalue weighted by atomic mass is 10.0. The van der Waals surface area contributed by atoms with Gasteiger partial charge in [-0.1, -0.05) is 77.8 Å². The normalized spacial score (nSPS) is 10.5. The standard InChI is InChI=1S/C23H20F4N2.C4H10.C3H8/c1-13-9-10-17(24)12-19(13)16(4)28-22-15(3)14(2)11-21(29-22)18-7-5-6-8-20(18)23(25,26)27;1-3-4-2;1-3-2/h5-12H,4H2,1-3H3,(H,28,29);3-4H2,1-2H3;3H2,1-2H3. The molecule has 0 fully saturated rings. The highest BCUT2D eigenvalue weighted by Crippen LogP contribution is 2.37. The molecule has 0 unspecified atom stereocenters. The monoisotopic (exact) mass is 502 g/mol. The molecule has 0 saturated heterocycles. The van der Waals surface area contributed by atoms with E-state index in [1.807, 2.05) is 13.8 Å². The third-order valence-corrected chi connectivity index (χ3v) is 5.33. The highest BCUT2D eigenvalue weighted by atomic mass is 19.4. The number of aromatic nitrogens is 1. The molecule has 2 nitrogen and oxygen atoms in total. The number of halogens is 4. The summed E-state index contributed by atoms with van der Waals surface area (Å²) in [5.41, 5.74) is 2.80. The number of alkyl halides is 3. The molecule has 6 heteroatoms. The van der Waals surface area contributed by atoms with Crippen LogP contribution in [0, 0.1) is 26.6 Å². The van der Waals surface area contributed by atoms with Gasteiger partial charge in [-0.3, -0.25) is 0 Å². The van der Waals surface area contributed by atoms with Gasteiger partial charge in [0, 0.05) is 16.8 Å². The summed E-state index contributed by atoms with van der Waals surface area (Å²) in [6.45, 7) is 18.0. The first-order chi connectivity index (χ1) is 16.9. The number of pyridine rings is 1. The van der Waals surface area contributed by atoms with Gasteiger partial charge in [0.15, 0.2) is 0 Å².